The third-order valence-corrected chi connectivity index (χ3v) is 4.47. The highest BCUT2D eigenvalue weighted by molar-refractivity contribution is 9.09. The van der Waals surface area contributed by atoms with Gasteiger partial charge in [0, 0.05) is 20.5 Å². The highest BCUT2D eigenvalue weighted by atomic mass is 79.9. The zero-order valence-corrected chi connectivity index (χ0v) is 9.55. The van der Waals surface area contributed by atoms with Crippen LogP contribution in [-0.4, -0.2) is 10.6 Å². The molecular formula is C9H8BrClS. The maximum absolute atomic E-state index is 5.90. The van der Waals surface area contributed by atoms with Crippen molar-refractivity contribution in [3.05, 3.63) is 28.8 Å². The van der Waals surface area contributed by atoms with Gasteiger partial charge in [0.25, 0.3) is 0 Å². The van der Waals surface area contributed by atoms with Gasteiger partial charge in [-0.2, -0.15) is 0 Å². The summed E-state index contributed by atoms with van der Waals surface area (Å²) in [5, 5.41) is 0.843. The lowest BCUT2D eigenvalue weighted by Crippen LogP contribution is -2.11. The van der Waals surface area contributed by atoms with E-state index in [1.165, 1.54) is 10.5 Å². The Morgan fingerprint density at radius 2 is 2.33 bits per heavy atom. The summed E-state index contributed by atoms with van der Waals surface area (Å²) >= 11 is 11.4. The zero-order valence-electron chi connectivity index (χ0n) is 6.39. The topological polar surface area (TPSA) is 0 Å². The Labute approximate surface area is 89.8 Å². The summed E-state index contributed by atoms with van der Waals surface area (Å²) < 4.78 is 0. The Morgan fingerprint density at radius 3 is 3.17 bits per heavy atom. The number of halogens is 2. The second-order valence-electron chi connectivity index (χ2n) is 2.86. The Hall–Kier alpha value is 0.340. The summed E-state index contributed by atoms with van der Waals surface area (Å²) in [6, 6.07) is 6.14. The van der Waals surface area contributed by atoms with E-state index in [-0.39, 0.29) is 0 Å². The van der Waals surface area contributed by atoms with Crippen molar-refractivity contribution in [2.45, 2.75) is 16.1 Å². The molecule has 1 unspecified atom stereocenters. The normalized spacial score (nSPS) is 22.0. The van der Waals surface area contributed by atoms with Crippen LogP contribution < -0.4 is 0 Å². The molecule has 0 aliphatic carbocycles. The van der Waals surface area contributed by atoms with E-state index in [1.807, 2.05) is 17.8 Å². The van der Waals surface area contributed by atoms with Crippen molar-refractivity contribution in [1.29, 1.82) is 0 Å². The summed E-state index contributed by atoms with van der Waals surface area (Å²) in [6.45, 7) is 0. The predicted molar refractivity (Wildman–Crippen MR) is 58.6 cm³/mol. The van der Waals surface area contributed by atoms with Crippen LogP contribution in [0.4, 0.5) is 0 Å². The van der Waals surface area contributed by atoms with Crippen LogP contribution in [0.3, 0.4) is 0 Å². The van der Waals surface area contributed by atoms with Gasteiger partial charge in [0.05, 0.1) is 0 Å². The third-order valence-electron chi connectivity index (χ3n) is 1.88. The fraction of sp³-hybridized carbons (Fsp3) is 0.333. The molecule has 3 heteroatoms. The van der Waals surface area contributed by atoms with Crippen LogP contribution in [-0.2, 0) is 6.42 Å². The Kier molecular flexibility index (Phi) is 2.68. The first-order valence-electron chi connectivity index (χ1n) is 3.81. The van der Waals surface area contributed by atoms with E-state index in [1.54, 1.807) is 0 Å². The molecule has 0 saturated heterocycles. The molecule has 0 amide bonds. The minimum Gasteiger partial charge on any atom is -0.125 e. The van der Waals surface area contributed by atoms with Crippen LogP contribution in [0.25, 0.3) is 0 Å². The van der Waals surface area contributed by atoms with E-state index < -0.39 is 0 Å². The van der Waals surface area contributed by atoms with Gasteiger partial charge in [0.1, 0.15) is 0 Å². The molecule has 1 aliphatic heterocycles. The van der Waals surface area contributed by atoms with E-state index in [2.05, 4.69) is 28.1 Å². The Bertz CT molecular complexity index is 301. The summed E-state index contributed by atoms with van der Waals surface area (Å²) in [5.74, 6) is 1.16. The Morgan fingerprint density at radius 1 is 1.50 bits per heavy atom. The minimum atomic E-state index is 0.605. The maximum Gasteiger partial charge on any atom is 0.0409 e. The van der Waals surface area contributed by atoms with Crippen LogP contribution in [0.15, 0.2) is 23.1 Å². The van der Waals surface area contributed by atoms with Crippen LogP contribution in [0.1, 0.15) is 5.56 Å². The van der Waals surface area contributed by atoms with E-state index in [4.69, 9.17) is 11.6 Å². The number of benzene rings is 1. The molecule has 0 bridgehead atoms. The SMILES string of the molecule is Clc1ccc2c(c1)CC(Br)CS2. The molecule has 0 fully saturated rings. The lowest BCUT2D eigenvalue weighted by atomic mass is 10.1. The number of thioether (sulfide) groups is 1. The van der Waals surface area contributed by atoms with Crippen molar-refractivity contribution in [3.8, 4) is 0 Å². The van der Waals surface area contributed by atoms with E-state index >= 15 is 0 Å². The lowest BCUT2D eigenvalue weighted by Gasteiger charge is -2.19. The Balaban J connectivity index is 2.37. The van der Waals surface area contributed by atoms with Gasteiger partial charge in [-0.05, 0) is 30.2 Å². The average Bonchev–Trinajstić information content (AvgIpc) is 2.03. The second kappa shape index (κ2) is 3.60. The summed E-state index contributed by atoms with van der Waals surface area (Å²) in [7, 11) is 0. The van der Waals surface area contributed by atoms with Gasteiger partial charge in [-0.3, -0.25) is 0 Å². The van der Waals surface area contributed by atoms with Gasteiger partial charge in [-0.15, -0.1) is 11.8 Å². The summed E-state index contributed by atoms with van der Waals surface area (Å²) in [5.41, 5.74) is 1.38. The number of alkyl halides is 1. The first-order valence-corrected chi connectivity index (χ1v) is 6.09. The number of hydrogen-bond acceptors (Lipinski definition) is 1. The van der Waals surface area contributed by atoms with Crippen molar-refractivity contribution >= 4 is 39.3 Å². The molecule has 0 saturated carbocycles. The molecule has 0 aromatic heterocycles. The van der Waals surface area contributed by atoms with Crippen molar-refractivity contribution in [3.63, 3.8) is 0 Å². The number of fused-ring (bicyclic) bond motifs is 1. The van der Waals surface area contributed by atoms with Gasteiger partial charge < -0.3 is 0 Å². The molecule has 0 N–H and O–H groups in total. The molecule has 12 heavy (non-hydrogen) atoms. The largest absolute Gasteiger partial charge is 0.125 e. The molecule has 1 atom stereocenters. The van der Waals surface area contributed by atoms with Gasteiger partial charge in [-0.1, -0.05) is 27.5 Å². The zero-order chi connectivity index (χ0) is 8.55. The molecule has 2 rings (SSSR count). The molecule has 0 spiro atoms. The molecule has 1 aromatic carbocycles. The van der Waals surface area contributed by atoms with Crippen molar-refractivity contribution in [2.75, 3.05) is 5.75 Å². The van der Waals surface area contributed by atoms with Crippen LogP contribution in [0.2, 0.25) is 5.02 Å². The smallest absolute Gasteiger partial charge is 0.0409 e. The van der Waals surface area contributed by atoms with E-state index in [9.17, 15) is 0 Å². The quantitative estimate of drug-likeness (QED) is 0.643. The van der Waals surface area contributed by atoms with Gasteiger partial charge in [-0.25, -0.2) is 0 Å². The summed E-state index contributed by atoms with van der Waals surface area (Å²) in [4.78, 5) is 1.99. The highest BCUT2D eigenvalue weighted by Gasteiger charge is 2.16. The van der Waals surface area contributed by atoms with Crippen LogP contribution in [0.5, 0.6) is 0 Å². The van der Waals surface area contributed by atoms with Crippen molar-refractivity contribution < 1.29 is 0 Å². The average molecular weight is 264 g/mol. The van der Waals surface area contributed by atoms with E-state index in [0.717, 1.165) is 17.2 Å². The standard InChI is InChI=1S/C9H8BrClS/c10-7-3-6-4-8(11)1-2-9(6)12-5-7/h1-2,4,7H,3,5H2. The summed E-state index contributed by atoms with van der Waals surface area (Å²) in [6.07, 6.45) is 1.10. The molecule has 1 aromatic rings. The lowest BCUT2D eigenvalue weighted by molar-refractivity contribution is 0.923. The molecule has 64 valence electrons. The fourth-order valence-electron chi connectivity index (χ4n) is 1.33. The van der Waals surface area contributed by atoms with Gasteiger partial charge >= 0.3 is 0 Å². The van der Waals surface area contributed by atoms with Crippen LogP contribution in [0, 0.1) is 0 Å². The molecule has 0 nitrogen and oxygen atoms in total. The van der Waals surface area contributed by atoms with Crippen LogP contribution >= 0.6 is 39.3 Å². The maximum atomic E-state index is 5.90. The fourth-order valence-corrected chi connectivity index (χ4v) is 3.24. The molecule has 0 radical (unpaired) electrons. The molecule has 1 heterocycles. The van der Waals surface area contributed by atoms with Crippen molar-refractivity contribution in [2.24, 2.45) is 0 Å². The first kappa shape index (κ1) is 8.92. The number of rotatable bonds is 0. The third kappa shape index (κ3) is 1.81. The van der Waals surface area contributed by atoms with Crippen molar-refractivity contribution in [1.82, 2.24) is 0 Å². The second-order valence-corrected chi connectivity index (χ2v) is 5.66. The highest BCUT2D eigenvalue weighted by Crippen LogP contribution is 2.34. The van der Waals surface area contributed by atoms with Gasteiger partial charge in [0.2, 0.25) is 0 Å². The molecule has 1 aliphatic rings. The molecular weight excluding hydrogens is 256 g/mol. The predicted octanol–water partition coefficient (Wildman–Crippen LogP) is 3.75. The first-order chi connectivity index (χ1) is 5.75. The van der Waals surface area contributed by atoms with Gasteiger partial charge in [0.15, 0.2) is 0 Å². The number of hydrogen-bond donors (Lipinski definition) is 0. The minimum absolute atomic E-state index is 0.605. The van der Waals surface area contributed by atoms with E-state index in [0.29, 0.717) is 4.83 Å². The monoisotopic (exact) mass is 262 g/mol.